The van der Waals surface area contributed by atoms with Gasteiger partial charge in [-0.1, -0.05) is 17.7 Å². The van der Waals surface area contributed by atoms with Crippen LogP contribution in [-0.4, -0.2) is 11.1 Å². The lowest BCUT2D eigenvalue weighted by atomic mass is 10.2. The van der Waals surface area contributed by atoms with Crippen molar-refractivity contribution in [1.82, 2.24) is 0 Å². The van der Waals surface area contributed by atoms with Crippen molar-refractivity contribution < 1.29 is 9.90 Å². The van der Waals surface area contributed by atoms with Crippen molar-refractivity contribution in [3.05, 3.63) is 33.7 Å². The third-order valence-electron chi connectivity index (χ3n) is 2.08. The van der Waals surface area contributed by atoms with E-state index < -0.39 is 5.97 Å². The van der Waals surface area contributed by atoms with E-state index in [2.05, 4.69) is 0 Å². The van der Waals surface area contributed by atoms with Crippen LogP contribution in [0.3, 0.4) is 0 Å². The number of hydrogen-bond acceptors (Lipinski definition) is 2. The van der Waals surface area contributed by atoms with Crippen molar-refractivity contribution in [2.75, 3.05) is 0 Å². The highest BCUT2D eigenvalue weighted by atomic mass is 35.5. The summed E-state index contributed by atoms with van der Waals surface area (Å²) in [6.45, 7) is 1.90. The van der Waals surface area contributed by atoms with E-state index in [0.29, 0.717) is 9.90 Å². The van der Waals surface area contributed by atoms with E-state index in [-0.39, 0.29) is 0 Å². The molecule has 4 heteroatoms. The molecule has 2 aromatic rings. The minimum Gasteiger partial charge on any atom is -0.477 e. The number of fused-ring (bicyclic) bond motifs is 1. The lowest BCUT2D eigenvalue weighted by Crippen LogP contribution is -1.89. The standard InChI is InChI=1S/C10H7ClO2S/c1-5-7(11)3-2-6-4-8(10(12)13)14-9(5)6/h2-4H,1H3,(H,12,13). The molecule has 72 valence electrons. The predicted octanol–water partition coefficient (Wildman–Crippen LogP) is 3.56. The molecule has 1 heterocycles. The summed E-state index contributed by atoms with van der Waals surface area (Å²) in [4.78, 5) is 11.1. The summed E-state index contributed by atoms with van der Waals surface area (Å²) < 4.78 is 0.954. The Morgan fingerprint density at radius 3 is 2.86 bits per heavy atom. The first kappa shape index (κ1) is 9.49. The van der Waals surface area contributed by atoms with Crippen molar-refractivity contribution in [3.63, 3.8) is 0 Å². The molecule has 14 heavy (non-hydrogen) atoms. The third kappa shape index (κ3) is 1.38. The second kappa shape index (κ2) is 3.26. The molecule has 0 spiro atoms. The van der Waals surface area contributed by atoms with Gasteiger partial charge in [-0.05, 0) is 30.0 Å². The molecule has 1 aromatic heterocycles. The number of rotatable bonds is 1. The van der Waals surface area contributed by atoms with Crippen molar-refractivity contribution in [2.24, 2.45) is 0 Å². The SMILES string of the molecule is Cc1c(Cl)ccc2cc(C(=O)O)sc12. The summed E-state index contributed by atoms with van der Waals surface area (Å²) in [5.74, 6) is -0.887. The number of hydrogen-bond donors (Lipinski definition) is 1. The van der Waals surface area contributed by atoms with Gasteiger partial charge in [-0.25, -0.2) is 4.79 Å². The third-order valence-corrected chi connectivity index (χ3v) is 3.75. The van der Waals surface area contributed by atoms with E-state index in [9.17, 15) is 4.79 Å². The van der Waals surface area contributed by atoms with Gasteiger partial charge in [-0.3, -0.25) is 0 Å². The molecule has 0 aliphatic carbocycles. The molecular weight excluding hydrogens is 220 g/mol. The Balaban J connectivity index is 2.77. The zero-order chi connectivity index (χ0) is 10.3. The van der Waals surface area contributed by atoms with Crippen LogP contribution in [0.4, 0.5) is 0 Å². The second-order valence-electron chi connectivity index (χ2n) is 3.01. The van der Waals surface area contributed by atoms with Crippen molar-refractivity contribution in [3.8, 4) is 0 Å². The average molecular weight is 227 g/mol. The van der Waals surface area contributed by atoms with Crippen LogP contribution in [0.2, 0.25) is 5.02 Å². The maximum absolute atomic E-state index is 10.7. The maximum Gasteiger partial charge on any atom is 0.345 e. The summed E-state index contributed by atoms with van der Waals surface area (Å²) in [7, 11) is 0. The molecule has 0 fully saturated rings. The number of benzene rings is 1. The molecule has 1 aromatic carbocycles. The van der Waals surface area contributed by atoms with Crippen molar-refractivity contribution in [2.45, 2.75) is 6.92 Å². The highest BCUT2D eigenvalue weighted by Crippen LogP contribution is 2.32. The maximum atomic E-state index is 10.7. The van der Waals surface area contributed by atoms with Crippen LogP contribution in [0.25, 0.3) is 10.1 Å². The Labute approximate surface area is 89.7 Å². The first-order valence-corrected chi connectivity index (χ1v) is 5.21. The number of carboxylic acid groups (broad SMARTS) is 1. The van der Waals surface area contributed by atoms with E-state index in [1.807, 2.05) is 13.0 Å². The smallest absolute Gasteiger partial charge is 0.345 e. The minimum absolute atomic E-state index is 0.352. The van der Waals surface area contributed by atoms with E-state index in [4.69, 9.17) is 16.7 Å². The first-order valence-electron chi connectivity index (χ1n) is 4.01. The predicted molar refractivity (Wildman–Crippen MR) is 58.5 cm³/mol. The molecule has 1 N–H and O–H groups in total. The fourth-order valence-corrected chi connectivity index (χ4v) is 2.54. The van der Waals surface area contributed by atoms with Crippen molar-refractivity contribution in [1.29, 1.82) is 0 Å². The van der Waals surface area contributed by atoms with Gasteiger partial charge >= 0.3 is 5.97 Å². The average Bonchev–Trinajstić information content (AvgIpc) is 2.56. The molecule has 0 saturated carbocycles. The lowest BCUT2D eigenvalue weighted by Gasteiger charge is -1.97. The quantitative estimate of drug-likeness (QED) is 0.807. The number of aryl methyl sites for hydroxylation is 1. The number of thiophene rings is 1. The van der Waals surface area contributed by atoms with Gasteiger partial charge in [-0.2, -0.15) is 0 Å². The van der Waals surface area contributed by atoms with Gasteiger partial charge in [0.25, 0.3) is 0 Å². The fraction of sp³-hybridized carbons (Fsp3) is 0.100. The van der Waals surface area contributed by atoms with Gasteiger partial charge in [0.15, 0.2) is 0 Å². The number of halogens is 1. The zero-order valence-electron chi connectivity index (χ0n) is 7.37. The zero-order valence-corrected chi connectivity index (χ0v) is 8.95. The highest BCUT2D eigenvalue weighted by molar-refractivity contribution is 7.21. The normalized spacial score (nSPS) is 10.7. The highest BCUT2D eigenvalue weighted by Gasteiger charge is 2.10. The molecule has 0 aliphatic heterocycles. The summed E-state index contributed by atoms with van der Waals surface area (Å²) >= 11 is 7.20. The molecule has 0 atom stereocenters. The summed E-state index contributed by atoms with van der Waals surface area (Å²) in [6.07, 6.45) is 0. The Hall–Kier alpha value is -1.06. The molecule has 0 radical (unpaired) electrons. The monoisotopic (exact) mass is 226 g/mol. The largest absolute Gasteiger partial charge is 0.477 e. The molecule has 2 rings (SSSR count). The summed E-state index contributed by atoms with van der Waals surface area (Å²) in [6, 6.07) is 5.30. The molecule has 0 saturated heterocycles. The number of carbonyl (C=O) groups is 1. The lowest BCUT2D eigenvalue weighted by molar-refractivity contribution is 0.0702. The Morgan fingerprint density at radius 1 is 1.50 bits per heavy atom. The molecule has 0 bridgehead atoms. The molecule has 0 aliphatic rings. The van der Waals surface area contributed by atoms with E-state index in [1.165, 1.54) is 11.3 Å². The minimum atomic E-state index is -0.887. The van der Waals surface area contributed by atoms with Gasteiger partial charge in [-0.15, -0.1) is 11.3 Å². The summed E-state index contributed by atoms with van der Waals surface area (Å²) in [5, 5.41) is 10.4. The van der Waals surface area contributed by atoms with Gasteiger partial charge < -0.3 is 5.11 Å². The molecule has 0 amide bonds. The van der Waals surface area contributed by atoms with Gasteiger partial charge in [0.2, 0.25) is 0 Å². The van der Waals surface area contributed by atoms with Crippen LogP contribution in [0.15, 0.2) is 18.2 Å². The van der Waals surface area contributed by atoms with Crippen molar-refractivity contribution >= 4 is 39.0 Å². The van der Waals surface area contributed by atoms with Gasteiger partial charge in [0.1, 0.15) is 4.88 Å². The van der Waals surface area contributed by atoms with E-state index in [1.54, 1.807) is 12.1 Å². The number of aromatic carboxylic acids is 1. The Bertz CT molecular complexity index is 516. The van der Waals surface area contributed by atoms with Crippen LogP contribution in [0.1, 0.15) is 15.2 Å². The topological polar surface area (TPSA) is 37.3 Å². The van der Waals surface area contributed by atoms with Gasteiger partial charge in [0, 0.05) is 9.72 Å². The number of carboxylic acids is 1. The summed E-state index contributed by atoms with van der Waals surface area (Å²) in [5.41, 5.74) is 0.946. The van der Waals surface area contributed by atoms with E-state index in [0.717, 1.165) is 15.6 Å². The first-order chi connectivity index (χ1) is 6.59. The van der Waals surface area contributed by atoms with Crippen LogP contribution < -0.4 is 0 Å². The van der Waals surface area contributed by atoms with Gasteiger partial charge in [0.05, 0.1) is 0 Å². The molecule has 2 nitrogen and oxygen atoms in total. The van der Waals surface area contributed by atoms with Crippen LogP contribution in [0.5, 0.6) is 0 Å². The van der Waals surface area contributed by atoms with Crippen LogP contribution in [0, 0.1) is 6.92 Å². The van der Waals surface area contributed by atoms with Crippen LogP contribution in [-0.2, 0) is 0 Å². The molecular formula is C10H7ClO2S. The fourth-order valence-electron chi connectivity index (χ4n) is 1.32. The Morgan fingerprint density at radius 2 is 2.21 bits per heavy atom. The van der Waals surface area contributed by atoms with E-state index >= 15 is 0 Å². The molecule has 0 unspecified atom stereocenters. The van der Waals surface area contributed by atoms with Crippen LogP contribution >= 0.6 is 22.9 Å². The Kier molecular flexibility index (Phi) is 2.21. The second-order valence-corrected chi connectivity index (χ2v) is 4.47.